The van der Waals surface area contributed by atoms with Gasteiger partial charge in [-0.3, -0.25) is 4.68 Å². The van der Waals surface area contributed by atoms with E-state index in [1.807, 2.05) is 20.0 Å². The van der Waals surface area contributed by atoms with Crippen LogP contribution in [0.15, 0.2) is 12.4 Å². The third-order valence-electron chi connectivity index (χ3n) is 1.31. The molecule has 0 aliphatic rings. The van der Waals surface area contributed by atoms with Crippen molar-refractivity contribution in [3.63, 3.8) is 0 Å². The van der Waals surface area contributed by atoms with E-state index in [9.17, 15) is 0 Å². The standard InChI is InChI=1S/C7H9N3/c1-6-4-9-10(5-6)7(2)3-8/h4-5,7H,1-2H3/t7-/m1/s1. The summed E-state index contributed by atoms with van der Waals surface area (Å²) in [6.45, 7) is 3.76. The number of nitrogens with zero attached hydrogens (tertiary/aromatic N) is 3. The SMILES string of the molecule is Cc1cnn([C@H](C)C#N)c1. The van der Waals surface area contributed by atoms with E-state index in [1.54, 1.807) is 10.9 Å². The summed E-state index contributed by atoms with van der Waals surface area (Å²) < 4.78 is 1.65. The van der Waals surface area contributed by atoms with Gasteiger partial charge in [-0.1, -0.05) is 0 Å². The van der Waals surface area contributed by atoms with Crippen LogP contribution in [0.4, 0.5) is 0 Å². The molecule has 0 unspecified atom stereocenters. The fraction of sp³-hybridized carbons (Fsp3) is 0.429. The Kier molecular flexibility index (Phi) is 1.72. The van der Waals surface area contributed by atoms with Gasteiger partial charge in [0, 0.05) is 6.20 Å². The zero-order valence-electron chi connectivity index (χ0n) is 6.07. The van der Waals surface area contributed by atoms with Crippen LogP contribution >= 0.6 is 0 Å². The van der Waals surface area contributed by atoms with Gasteiger partial charge in [0.2, 0.25) is 0 Å². The van der Waals surface area contributed by atoms with Crippen LogP contribution in [0.3, 0.4) is 0 Å². The predicted molar refractivity (Wildman–Crippen MR) is 37.3 cm³/mol. The Morgan fingerprint density at radius 1 is 1.80 bits per heavy atom. The summed E-state index contributed by atoms with van der Waals surface area (Å²) in [5.41, 5.74) is 1.09. The van der Waals surface area contributed by atoms with Crippen molar-refractivity contribution < 1.29 is 0 Å². The fourth-order valence-electron chi connectivity index (χ4n) is 0.704. The van der Waals surface area contributed by atoms with Crippen molar-refractivity contribution >= 4 is 0 Å². The van der Waals surface area contributed by atoms with Crippen molar-refractivity contribution in [2.75, 3.05) is 0 Å². The third kappa shape index (κ3) is 1.16. The molecule has 0 N–H and O–H groups in total. The lowest BCUT2D eigenvalue weighted by Crippen LogP contribution is -2.01. The average molecular weight is 135 g/mol. The molecule has 3 nitrogen and oxygen atoms in total. The molecule has 0 saturated carbocycles. The van der Waals surface area contributed by atoms with Gasteiger partial charge in [-0.05, 0) is 19.4 Å². The van der Waals surface area contributed by atoms with Crippen LogP contribution < -0.4 is 0 Å². The first-order valence-electron chi connectivity index (χ1n) is 3.14. The number of hydrogen-bond donors (Lipinski definition) is 0. The zero-order chi connectivity index (χ0) is 7.56. The second kappa shape index (κ2) is 2.53. The normalized spacial score (nSPS) is 12.5. The topological polar surface area (TPSA) is 41.6 Å². The maximum absolute atomic E-state index is 8.49. The van der Waals surface area contributed by atoms with Gasteiger partial charge < -0.3 is 0 Å². The summed E-state index contributed by atoms with van der Waals surface area (Å²) in [5.74, 6) is 0. The summed E-state index contributed by atoms with van der Waals surface area (Å²) >= 11 is 0. The van der Waals surface area contributed by atoms with Gasteiger partial charge in [-0.25, -0.2) is 0 Å². The molecule has 0 aliphatic heterocycles. The summed E-state index contributed by atoms with van der Waals surface area (Å²) in [7, 11) is 0. The Hall–Kier alpha value is -1.30. The molecule has 0 fully saturated rings. The van der Waals surface area contributed by atoms with Crippen LogP contribution in [0.5, 0.6) is 0 Å². The Morgan fingerprint density at radius 2 is 2.50 bits per heavy atom. The molecular formula is C7H9N3. The summed E-state index contributed by atoms with van der Waals surface area (Å²) in [6.07, 6.45) is 3.60. The average Bonchev–Trinajstić information content (AvgIpc) is 2.34. The minimum atomic E-state index is -0.159. The number of rotatable bonds is 1. The lowest BCUT2D eigenvalue weighted by Gasteiger charge is -1.99. The Morgan fingerprint density at radius 3 is 2.90 bits per heavy atom. The first-order valence-corrected chi connectivity index (χ1v) is 3.14. The van der Waals surface area contributed by atoms with Crippen molar-refractivity contribution in [2.24, 2.45) is 0 Å². The molecule has 52 valence electrons. The van der Waals surface area contributed by atoms with Gasteiger partial charge in [0.15, 0.2) is 0 Å². The molecule has 0 saturated heterocycles. The van der Waals surface area contributed by atoms with E-state index < -0.39 is 0 Å². The van der Waals surface area contributed by atoms with Gasteiger partial charge in [-0.2, -0.15) is 10.4 Å². The van der Waals surface area contributed by atoms with E-state index in [4.69, 9.17) is 5.26 Å². The summed E-state index contributed by atoms with van der Waals surface area (Å²) in [6, 6.07) is 1.94. The van der Waals surface area contributed by atoms with Gasteiger partial charge >= 0.3 is 0 Å². The van der Waals surface area contributed by atoms with Crippen molar-refractivity contribution in [1.82, 2.24) is 9.78 Å². The molecule has 0 aromatic carbocycles. The molecule has 0 spiro atoms. The monoisotopic (exact) mass is 135 g/mol. The van der Waals surface area contributed by atoms with E-state index in [2.05, 4.69) is 11.2 Å². The molecule has 0 aliphatic carbocycles. The highest BCUT2D eigenvalue weighted by atomic mass is 15.3. The highest BCUT2D eigenvalue weighted by Crippen LogP contribution is 2.02. The van der Waals surface area contributed by atoms with Crippen LogP contribution in [0.2, 0.25) is 0 Å². The minimum absolute atomic E-state index is 0.159. The quantitative estimate of drug-likeness (QED) is 0.582. The molecule has 0 amide bonds. The van der Waals surface area contributed by atoms with Crippen molar-refractivity contribution in [3.05, 3.63) is 18.0 Å². The molecule has 0 radical (unpaired) electrons. The highest BCUT2D eigenvalue weighted by molar-refractivity contribution is 5.02. The van der Waals surface area contributed by atoms with Crippen LogP contribution in [0.1, 0.15) is 18.5 Å². The summed E-state index contributed by atoms with van der Waals surface area (Å²) in [5, 5.41) is 12.5. The van der Waals surface area contributed by atoms with E-state index in [1.165, 1.54) is 0 Å². The second-order valence-corrected chi connectivity index (χ2v) is 2.30. The van der Waals surface area contributed by atoms with Gasteiger partial charge in [-0.15, -0.1) is 0 Å². The van der Waals surface area contributed by atoms with Crippen LogP contribution in [-0.4, -0.2) is 9.78 Å². The van der Waals surface area contributed by atoms with Crippen molar-refractivity contribution in [1.29, 1.82) is 5.26 Å². The van der Waals surface area contributed by atoms with Crippen LogP contribution in [-0.2, 0) is 0 Å². The lowest BCUT2D eigenvalue weighted by atomic mass is 10.4. The first kappa shape index (κ1) is 6.81. The highest BCUT2D eigenvalue weighted by Gasteiger charge is 2.00. The molecule has 1 rings (SSSR count). The molecule has 1 atom stereocenters. The van der Waals surface area contributed by atoms with Crippen molar-refractivity contribution in [2.45, 2.75) is 19.9 Å². The Labute approximate surface area is 59.9 Å². The Balaban J connectivity index is 2.87. The van der Waals surface area contributed by atoms with Crippen molar-refractivity contribution in [3.8, 4) is 6.07 Å². The van der Waals surface area contributed by atoms with E-state index in [0.29, 0.717) is 0 Å². The zero-order valence-corrected chi connectivity index (χ0v) is 6.07. The van der Waals surface area contributed by atoms with E-state index >= 15 is 0 Å². The molecule has 0 bridgehead atoms. The molecule has 3 heteroatoms. The molecule has 1 aromatic rings. The molecular weight excluding hydrogens is 126 g/mol. The Bertz CT molecular complexity index is 256. The summed E-state index contributed by atoms with van der Waals surface area (Å²) in [4.78, 5) is 0. The predicted octanol–water partition coefficient (Wildman–Crippen LogP) is 1.28. The van der Waals surface area contributed by atoms with E-state index in [-0.39, 0.29) is 6.04 Å². The molecule has 1 aromatic heterocycles. The minimum Gasteiger partial charge on any atom is -0.256 e. The third-order valence-corrected chi connectivity index (χ3v) is 1.31. The smallest absolute Gasteiger partial charge is 0.135 e. The lowest BCUT2D eigenvalue weighted by molar-refractivity contribution is 0.591. The number of hydrogen-bond acceptors (Lipinski definition) is 2. The number of aromatic nitrogens is 2. The number of aryl methyl sites for hydroxylation is 1. The number of nitriles is 1. The van der Waals surface area contributed by atoms with Gasteiger partial charge in [0.05, 0.1) is 12.3 Å². The molecule has 10 heavy (non-hydrogen) atoms. The first-order chi connectivity index (χ1) is 4.74. The largest absolute Gasteiger partial charge is 0.256 e. The van der Waals surface area contributed by atoms with Crippen LogP contribution in [0.25, 0.3) is 0 Å². The van der Waals surface area contributed by atoms with Gasteiger partial charge in [0.1, 0.15) is 6.04 Å². The maximum Gasteiger partial charge on any atom is 0.135 e. The maximum atomic E-state index is 8.49. The second-order valence-electron chi connectivity index (χ2n) is 2.30. The van der Waals surface area contributed by atoms with Crippen LogP contribution in [0, 0.1) is 18.3 Å². The molecule has 1 heterocycles. The van der Waals surface area contributed by atoms with E-state index in [0.717, 1.165) is 5.56 Å². The van der Waals surface area contributed by atoms with Gasteiger partial charge in [0.25, 0.3) is 0 Å². The fourth-order valence-corrected chi connectivity index (χ4v) is 0.704.